The van der Waals surface area contributed by atoms with E-state index in [4.69, 9.17) is 4.42 Å². The van der Waals surface area contributed by atoms with Crippen LogP contribution in [0, 0.1) is 0 Å². The summed E-state index contributed by atoms with van der Waals surface area (Å²) in [5.41, 5.74) is 19.9. The molecule has 0 saturated carbocycles. The van der Waals surface area contributed by atoms with E-state index in [0.29, 0.717) is 5.92 Å². The first-order chi connectivity index (χ1) is 28.7. The van der Waals surface area contributed by atoms with Gasteiger partial charge < -0.3 is 9.32 Å². The maximum absolute atomic E-state index is 6.72. The van der Waals surface area contributed by atoms with Crippen molar-refractivity contribution < 1.29 is 4.42 Å². The van der Waals surface area contributed by atoms with Crippen molar-refractivity contribution in [3.05, 3.63) is 223 Å². The lowest BCUT2D eigenvalue weighted by molar-refractivity contribution is 0.671. The van der Waals surface area contributed by atoms with E-state index < -0.39 is 0 Å². The third-order valence-electron chi connectivity index (χ3n) is 12.0. The number of furan rings is 1. The molecular formula is C56H39NO. The van der Waals surface area contributed by atoms with Crippen molar-refractivity contribution in [2.45, 2.75) is 12.8 Å². The number of hydrogen-bond donors (Lipinski definition) is 0. The van der Waals surface area contributed by atoms with E-state index >= 15 is 0 Å². The predicted octanol–water partition coefficient (Wildman–Crippen LogP) is 15.9. The van der Waals surface area contributed by atoms with Crippen molar-refractivity contribution in [3.8, 4) is 55.6 Å². The van der Waals surface area contributed by atoms with Gasteiger partial charge in [0, 0.05) is 44.9 Å². The van der Waals surface area contributed by atoms with Gasteiger partial charge in [-0.1, -0.05) is 183 Å². The summed E-state index contributed by atoms with van der Waals surface area (Å²) in [5.74, 6) is 0.378. The minimum atomic E-state index is 0.378. The Balaban J connectivity index is 0.939. The molecule has 0 bridgehead atoms. The van der Waals surface area contributed by atoms with Crippen LogP contribution in [-0.2, 0) is 0 Å². The Kier molecular flexibility index (Phi) is 8.15. The van der Waals surface area contributed by atoms with Gasteiger partial charge in [-0.05, 0) is 92.0 Å². The van der Waals surface area contributed by atoms with Gasteiger partial charge >= 0.3 is 0 Å². The third kappa shape index (κ3) is 5.73. The quantitative estimate of drug-likeness (QED) is 0.162. The number of rotatable bonds is 7. The largest absolute Gasteiger partial charge is 0.455 e. The molecule has 58 heavy (non-hydrogen) atoms. The Morgan fingerprint density at radius 3 is 1.33 bits per heavy atom. The Bertz CT molecular complexity index is 3090. The summed E-state index contributed by atoms with van der Waals surface area (Å²) in [6.07, 6.45) is 0. The predicted molar refractivity (Wildman–Crippen MR) is 243 cm³/mol. The summed E-state index contributed by atoms with van der Waals surface area (Å²) in [6, 6.07) is 76.6. The van der Waals surface area contributed by atoms with Crippen molar-refractivity contribution >= 4 is 39.0 Å². The van der Waals surface area contributed by atoms with Crippen LogP contribution in [0.1, 0.15) is 24.0 Å². The van der Waals surface area contributed by atoms with Crippen LogP contribution in [0.25, 0.3) is 77.6 Å². The molecule has 0 fully saturated rings. The molecule has 0 radical (unpaired) electrons. The van der Waals surface area contributed by atoms with Gasteiger partial charge in [-0.15, -0.1) is 0 Å². The molecule has 9 aromatic carbocycles. The SMILES string of the molecule is CC1c2ccccc2-c2cc(N(c3ccc(-c4ccccc4)cc3)c3ccc(-c4ccc(-c5cccc6c5oc5c(-c7ccccc7)cccc56)cc4)cc3)ccc21. The fourth-order valence-corrected chi connectivity index (χ4v) is 9.00. The molecule has 0 amide bonds. The first-order valence-electron chi connectivity index (χ1n) is 20.1. The molecule has 1 unspecified atom stereocenters. The summed E-state index contributed by atoms with van der Waals surface area (Å²) in [5, 5.41) is 2.27. The Morgan fingerprint density at radius 2 is 0.741 bits per heavy atom. The highest BCUT2D eigenvalue weighted by Crippen LogP contribution is 2.48. The van der Waals surface area contributed by atoms with Crippen molar-refractivity contribution in [1.82, 2.24) is 0 Å². The summed E-state index contributed by atoms with van der Waals surface area (Å²) >= 11 is 0. The molecule has 1 aliphatic carbocycles. The lowest BCUT2D eigenvalue weighted by Crippen LogP contribution is -2.10. The van der Waals surface area contributed by atoms with Gasteiger partial charge in [0.15, 0.2) is 0 Å². The summed E-state index contributed by atoms with van der Waals surface area (Å²) in [6.45, 7) is 2.32. The molecule has 2 nitrogen and oxygen atoms in total. The summed E-state index contributed by atoms with van der Waals surface area (Å²) in [4.78, 5) is 2.38. The van der Waals surface area contributed by atoms with E-state index in [0.717, 1.165) is 61.3 Å². The lowest BCUT2D eigenvalue weighted by Gasteiger charge is -2.27. The van der Waals surface area contributed by atoms with Crippen LogP contribution in [0.15, 0.2) is 217 Å². The van der Waals surface area contributed by atoms with Crippen LogP contribution >= 0.6 is 0 Å². The van der Waals surface area contributed by atoms with Crippen molar-refractivity contribution in [2.75, 3.05) is 4.90 Å². The second-order valence-corrected chi connectivity index (χ2v) is 15.3. The van der Waals surface area contributed by atoms with Crippen LogP contribution < -0.4 is 4.90 Å². The molecule has 0 aliphatic heterocycles. The highest BCUT2D eigenvalue weighted by Gasteiger charge is 2.26. The van der Waals surface area contributed by atoms with Gasteiger partial charge in [-0.25, -0.2) is 0 Å². The molecule has 0 spiro atoms. The van der Waals surface area contributed by atoms with Crippen LogP contribution in [0.4, 0.5) is 17.1 Å². The first kappa shape index (κ1) is 33.9. The maximum Gasteiger partial charge on any atom is 0.143 e. The van der Waals surface area contributed by atoms with Crippen LogP contribution in [0.5, 0.6) is 0 Å². The molecule has 274 valence electrons. The average Bonchev–Trinajstić information content (AvgIpc) is 3.82. The molecule has 0 saturated heterocycles. The number of benzene rings is 9. The Morgan fingerprint density at radius 1 is 0.328 bits per heavy atom. The Labute approximate surface area is 338 Å². The second kappa shape index (κ2) is 14.0. The normalized spacial score (nSPS) is 13.1. The third-order valence-corrected chi connectivity index (χ3v) is 12.0. The van der Waals surface area contributed by atoms with Crippen LogP contribution in [0.2, 0.25) is 0 Å². The zero-order chi connectivity index (χ0) is 38.6. The monoisotopic (exact) mass is 741 g/mol. The minimum Gasteiger partial charge on any atom is -0.455 e. The van der Waals surface area contributed by atoms with E-state index in [1.54, 1.807) is 0 Å². The molecule has 11 rings (SSSR count). The van der Waals surface area contributed by atoms with Crippen molar-refractivity contribution in [3.63, 3.8) is 0 Å². The van der Waals surface area contributed by atoms with Crippen LogP contribution in [0.3, 0.4) is 0 Å². The maximum atomic E-state index is 6.72. The fraction of sp³-hybridized carbons (Fsp3) is 0.0357. The summed E-state index contributed by atoms with van der Waals surface area (Å²) in [7, 11) is 0. The van der Waals surface area contributed by atoms with E-state index in [1.807, 2.05) is 6.07 Å². The van der Waals surface area contributed by atoms with E-state index in [1.165, 1.54) is 44.5 Å². The number of hydrogen-bond acceptors (Lipinski definition) is 2. The molecule has 2 heteroatoms. The molecule has 1 atom stereocenters. The van der Waals surface area contributed by atoms with E-state index in [9.17, 15) is 0 Å². The van der Waals surface area contributed by atoms with Crippen molar-refractivity contribution in [2.24, 2.45) is 0 Å². The average molecular weight is 742 g/mol. The zero-order valence-corrected chi connectivity index (χ0v) is 32.1. The van der Waals surface area contributed by atoms with Gasteiger partial charge in [0.2, 0.25) is 0 Å². The second-order valence-electron chi connectivity index (χ2n) is 15.3. The molecule has 0 N–H and O–H groups in total. The van der Waals surface area contributed by atoms with Gasteiger partial charge in [0.1, 0.15) is 11.2 Å². The topological polar surface area (TPSA) is 16.4 Å². The van der Waals surface area contributed by atoms with Gasteiger partial charge in [-0.3, -0.25) is 0 Å². The lowest BCUT2D eigenvalue weighted by atomic mass is 9.98. The van der Waals surface area contributed by atoms with Gasteiger partial charge in [-0.2, -0.15) is 0 Å². The van der Waals surface area contributed by atoms with E-state index in [2.05, 4.69) is 218 Å². The van der Waals surface area contributed by atoms with Gasteiger partial charge in [0.25, 0.3) is 0 Å². The molecular weight excluding hydrogens is 703 g/mol. The minimum absolute atomic E-state index is 0.378. The molecule has 1 aliphatic rings. The zero-order valence-electron chi connectivity index (χ0n) is 32.1. The molecule has 1 aromatic heterocycles. The highest BCUT2D eigenvalue weighted by atomic mass is 16.3. The smallest absolute Gasteiger partial charge is 0.143 e. The first-order valence-corrected chi connectivity index (χ1v) is 20.1. The highest BCUT2D eigenvalue weighted by molar-refractivity contribution is 6.13. The molecule has 10 aromatic rings. The van der Waals surface area contributed by atoms with Crippen LogP contribution in [-0.4, -0.2) is 0 Å². The van der Waals surface area contributed by atoms with E-state index in [-0.39, 0.29) is 0 Å². The van der Waals surface area contributed by atoms with Gasteiger partial charge in [0.05, 0.1) is 0 Å². The standard InChI is InChI=1S/C56H39NO/c1-37-47-16-8-9-17-51(47)54-36-46(34-35-48(37)54)57(44-30-26-40(27-31-44)38-12-4-2-5-13-38)45-32-28-41(29-33-45)39-22-24-43(25-23-39)50-19-11-21-53-52-20-10-18-49(55(52)58-56(50)53)42-14-6-3-7-15-42/h2-37H,1H3. The van der Waals surface area contributed by atoms with Crippen molar-refractivity contribution in [1.29, 1.82) is 0 Å². The summed E-state index contributed by atoms with van der Waals surface area (Å²) < 4.78 is 6.72. The molecule has 1 heterocycles. The number of para-hydroxylation sites is 2. The number of fused-ring (bicyclic) bond motifs is 6. The Hall–Kier alpha value is -7.42. The number of anilines is 3. The fourth-order valence-electron chi connectivity index (χ4n) is 9.00. The number of nitrogens with zero attached hydrogens (tertiary/aromatic N) is 1.